The Morgan fingerprint density at radius 1 is 1.03 bits per heavy atom. The predicted molar refractivity (Wildman–Crippen MR) is 135 cm³/mol. The molecule has 1 aromatic heterocycles. The van der Waals surface area contributed by atoms with Gasteiger partial charge in [-0.25, -0.2) is 4.79 Å². The van der Waals surface area contributed by atoms with Gasteiger partial charge in [0.2, 0.25) is 17.7 Å². The lowest BCUT2D eigenvalue weighted by atomic mass is 10.1. The van der Waals surface area contributed by atoms with Crippen molar-refractivity contribution in [3.63, 3.8) is 0 Å². The molecular weight excluding hydrogens is 446 g/mol. The Bertz CT molecular complexity index is 1130. The molecule has 9 heteroatoms. The lowest BCUT2D eigenvalue weighted by Crippen LogP contribution is -2.44. The lowest BCUT2D eigenvalue weighted by molar-refractivity contribution is -0.135. The van der Waals surface area contributed by atoms with Crippen molar-refractivity contribution in [2.75, 3.05) is 25.0 Å². The number of piperidine rings is 2. The van der Waals surface area contributed by atoms with Crippen LogP contribution in [0.4, 0.5) is 5.69 Å². The summed E-state index contributed by atoms with van der Waals surface area (Å²) in [5.74, 6) is -0.872. The minimum Gasteiger partial charge on any atom is -0.324 e. The molecule has 2 N–H and O–H groups in total. The lowest BCUT2D eigenvalue weighted by Gasteiger charge is -2.26. The normalized spacial score (nSPS) is 19.2. The van der Waals surface area contributed by atoms with E-state index in [4.69, 9.17) is 0 Å². The first kappa shape index (κ1) is 25.2. The maximum absolute atomic E-state index is 13.0. The largest absolute Gasteiger partial charge is 0.329 e. The molecule has 2 aliphatic heterocycles. The van der Waals surface area contributed by atoms with E-state index >= 15 is 0 Å². The van der Waals surface area contributed by atoms with Crippen LogP contribution in [-0.4, -0.2) is 51.4 Å². The van der Waals surface area contributed by atoms with Gasteiger partial charge in [0.25, 0.3) is 0 Å². The van der Waals surface area contributed by atoms with Gasteiger partial charge in [-0.1, -0.05) is 31.7 Å². The summed E-state index contributed by atoms with van der Waals surface area (Å²) in [6, 6.07) is 4.56. The highest BCUT2D eigenvalue weighted by atomic mass is 16.2. The first-order valence-corrected chi connectivity index (χ1v) is 13.0. The SMILES string of the molecule is Cn1c(=O)n(C2CCC(=O)NC2=O)c2cccc(NC(=O)CCCCCCCN3CCCCC3)c21. The van der Waals surface area contributed by atoms with Gasteiger partial charge in [-0.15, -0.1) is 0 Å². The molecule has 2 fully saturated rings. The molecule has 2 aliphatic rings. The number of aromatic nitrogens is 2. The number of imidazole rings is 1. The van der Waals surface area contributed by atoms with E-state index in [2.05, 4.69) is 15.5 Å². The summed E-state index contributed by atoms with van der Waals surface area (Å²) in [7, 11) is 1.63. The van der Waals surface area contributed by atoms with E-state index < -0.39 is 11.9 Å². The minimum absolute atomic E-state index is 0.0768. The van der Waals surface area contributed by atoms with Gasteiger partial charge in [-0.3, -0.25) is 28.8 Å². The number of unbranched alkanes of at least 4 members (excludes halogenated alkanes) is 4. The summed E-state index contributed by atoms with van der Waals surface area (Å²) in [6.07, 6.45) is 10.4. The topological polar surface area (TPSA) is 105 Å². The number of hydrogen-bond donors (Lipinski definition) is 2. The standard InChI is InChI=1S/C26H37N5O4/c1-29-24-19(27-22(32)13-6-3-2-4-7-16-30-17-8-5-9-18-30)11-10-12-20(24)31(26(29)35)21-14-15-23(33)28-25(21)34/h10-12,21H,2-9,13-18H2,1H3,(H,27,32)(H,28,33,34). The van der Waals surface area contributed by atoms with Crippen LogP contribution in [0.3, 0.4) is 0 Å². The Morgan fingerprint density at radius 3 is 2.54 bits per heavy atom. The van der Waals surface area contributed by atoms with Crippen LogP contribution in [0.15, 0.2) is 23.0 Å². The highest BCUT2D eigenvalue weighted by molar-refractivity contribution is 6.02. The average molecular weight is 484 g/mol. The van der Waals surface area contributed by atoms with Crippen LogP contribution in [0.2, 0.25) is 0 Å². The van der Waals surface area contributed by atoms with Gasteiger partial charge >= 0.3 is 5.69 Å². The Labute approximate surface area is 205 Å². The van der Waals surface area contributed by atoms with E-state index in [1.54, 1.807) is 25.2 Å². The monoisotopic (exact) mass is 483 g/mol. The van der Waals surface area contributed by atoms with Gasteiger partial charge in [0.05, 0.1) is 16.7 Å². The maximum atomic E-state index is 13.0. The summed E-state index contributed by atoms with van der Waals surface area (Å²) in [5.41, 5.74) is 1.35. The molecule has 1 unspecified atom stereocenters. The zero-order valence-electron chi connectivity index (χ0n) is 20.7. The molecule has 35 heavy (non-hydrogen) atoms. The third kappa shape index (κ3) is 6.01. The third-order valence-electron chi connectivity index (χ3n) is 7.23. The Morgan fingerprint density at radius 2 is 1.77 bits per heavy atom. The average Bonchev–Trinajstić information content (AvgIpc) is 3.10. The molecule has 0 aliphatic carbocycles. The molecule has 0 saturated carbocycles. The number of carbonyl (C=O) groups is 3. The number of rotatable bonds is 10. The van der Waals surface area contributed by atoms with Crippen molar-refractivity contribution in [1.82, 2.24) is 19.4 Å². The molecule has 2 saturated heterocycles. The number of imide groups is 1. The van der Waals surface area contributed by atoms with E-state index in [0.29, 0.717) is 23.1 Å². The number of aryl methyl sites for hydroxylation is 1. The van der Waals surface area contributed by atoms with Crippen LogP contribution in [0.5, 0.6) is 0 Å². The second-order valence-electron chi connectivity index (χ2n) is 9.82. The van der Waals surface area contributed by atoms with Gasteiger partial charge in [0, 0.05) is 19.9 Å². The van der Waals surface area contributed by atoms with Gasteiger partial charge in [0.15, 0.2) is 0 Å². The molecule has 4 rings (SSSR count). The molecule has 2 aromatic rings. The number of nitrogens with one attached hydrogen (secondary N) is 2. The smallest absolute Gasteiger partial charge is 0.324 e. The van der Waals surface area contributed by atoms with Crippen LogP contribution >= 0.6 is 0 Å². The molecule has 3 heterocycles. The molecule has 0 bridgehead atoms. The van der Waals surface area contributed by atoms with Crippen LogP contribution < -0.4 is 16.3 Å². The maximum Gasteiger partial charge on any atom is 0.329 e. The number of fused-ring (bicyclic) bond motifs is 1. The number of para-hydroxylation sites is 1. The Balaban J connectivity index is 1.30. The molecule has 1 atom stereocenters. The first-order chi connectivity index (χ1) is 17.0. The van der Waals surface area contributed by atoms with Crippen molar-refractivity contribution >= 4 is 34.4 Å². The summed E-state index contributed by atoms with van der Waals surface area (Å²) < 4.78 is 2.88. The number of carbonyl (C=O) groups excluding carboxylic acids is 3. The zero-order chi connectivity index (χ0) is 24.8. The molecule has 9 nitrogen and oxygen atoms in total. The molecule has 0 spiro atoms. The first-order valence-electron chi connectivity index (χ1n) is 13.0. The van der Waals surface area contributed by atoms with E-state index in [9.17, 15) is 19.2 Å². The minimum atomic E-state index is -0.746. The number of anilines is 1. The molecule has 0 radical (unpaired) electrons. The second kappa shape index (κ2) is 11.7. The van der Waals surface area contributed by atoms with Crippen molar-refractivity contribution in [2.24, 2.45) is 7.05 Å². The quantitative estimate of drug-likeness (QED) is 0.399. The molecule has 1 aromatic carbocycles. The van der Waals surface area contributed by atoms with Gasteiger partial charge < -0.3 is 10.2 Å². The predicted octanol–water partition coefficient (Wildman–Crippen LogP) is 3.08. The number of amides is 3. The van der Waals surface area contributed by atoms with Gasteiger partial charge in [0.1, 0.15) is 6.04 Å². The van der Waals surface area contributed by atoms with Crippen molar-refractivity contribution in [3.05, 3.63) is 28.7 Å². The van der Waals surface area contributed by atoms with Crippen molar-refractivity contribution in [2.45, 2.75) is 76.7 Å². The highest BCUT2D eigenvalue weighted by Gasteiger charge is 2.31. The fourth-order valence-corrected chi connectivity index (χ4v) is 5.32. The summed E-state index contributed by atoms with van der Waals surface area (Å²) in [6.45, 7) is 3.69. The molecule has 190 valence electrons. The van der Waals surface area contributed by atoms with Gasteiger partial charge in [-0.05, 0) is 63.9 Å². The second-order valence-corrected chi connectivity index (χ2v) is 9.82. The van der Waals surface area contributed by atoms with Gasteiger partial charge in [-0.2, -0.15) is 0 Å². The molecule has 3 amide bonds. The Hall–Kier alpha value is -2.94. The fourth-order valence-electron chi connectivity index (χ4n) is 5.32. The highest BCUT2D eigenvalue weighted by Crippen LogP contribution is 2.27. The summed E-state index contributed by atoms with van der Waals surface area (Å²) >= 11 is 0. The fraction of sp³-hybridized carbons (Fsp3) is 0.615. The van der Waals surface area contributed by atoms with E-state index in [1.165, 1.54) is 60.9 Å². The summed E-state index contributed by atoms with van der Waals surface area (Å²) in [5, 5.41) is 5.27. The van der Waals surface area contributed by atoms with Crippen LogP contribution in [-0.2, 0) is 21.4 Å². The number of benzene rings is 1. The van der Waals surface area contributed by atoms with Crippen LogP contribution in [0.25, 0.3) is 11.0 Å². The number of hydrogen-bond acceptors (Lipinski definition) is 5. The zero-order valence-corrected chi connectivity index (χ0v) is 20.7. The van der Waals surface area contributed by atoms with E-state index in [1.807, 2.05) is 0 Å². The van der Waals surface area contributed by atoms with E-state index in [-0.39, 0.29) is 30.3 Å². The third-order valence-corrected chi connectivity index (χ3v) is 7.23. The number of likely N-dealkylation sites (tertiary alicyclic amines) is 1. The Kier molecular flexibility index (Phi) is 8.38. The molecular formula is C26H37N5O4. The van der Waals surface area contributed by atoms with Crippen LogP contribution in [0.1, 0.15) is 76.7 Å². The number of nitrogens with zero attached hydrogens (tertiary/aromatic N) is 3. The summed E-state index contributed by atoms with van der Waals surface area (Å²) in [4.78, 5) is 52.1. The van der Waals surface area contributed by atoms with Crippen molar-refractivity contribution < 1.29 is 14.4 Å². The van der Waals surface area contributed by atoms with Crippen molar-refractivity contribution in [1.29, 1.82) is 0 Å². The van der Waals surface area contributed by atoms with Crippen LogP contribution in [0, 0.1) is 0 Å². The van der Waals surface area contributed by atoms with Crippen molar-refractivity contribution in [3.8, 4) is 0 Å². The van der Waals surface area contributed by atoms with E-state index in [0.717, 1.165) is 19.3 Å².